The van der Waals surface area contributed by atoms with E-state index in [4.69, 9.17) is 0 Å². The molecule has 0 radical (unpaired) electrons. The third-order valence-electron chi connectivity index (χ3n) is 3.80. The molecular weight excluding hydrogens is 266 g/mol. The minimum Gasteiger partial charge on any atom is -0.352 e. The topological polar surface area (TPSA) is 61.4 Å². The second-order valence-electron chi connectivity index (χ2n) is 7.41. The number of nitrogens with zero attached hydrogens (tertiary/aromatic N) is 1. The van der Waals surface area contributed by atoms with Crippen molar-refractivity contribution in [2.75, 3.05) is 20.1 Å². The molecule has 2 amide bonds. The van der Waals surface area contributed by atoms with E-state index in [2.05, 4.69) is 17.6 Å². The number of hydrogen-bond acceptors (Lipinski definition) is 3. The molecule has 1 saturated carbocycles. The molecule has 2 atom stereocenters. The van der Waals surface area contributed by atoms with Crippen molar-refractivity contribution in [1.82, 2.24) is 15.5 Å². The van der Waals surface area contributed by atoms with Crippen LogP contribution in [0.2, 0.25) is 0 Å². The highest BCUT2D eigenvalue weighted by Crippen LogP contribution is 2.23. The van der Waals surface area contributed by atoms with Gasteiger partial charge in [0.15, 0.2) is 0 Å². The number of hydrogen-bond donors (Lipinski definition) is 2. The van der Waals surface area contributed by atoms with Gasteiger partial charge in [-0.25, -0.2) is 0 Å². The summed E-state index contributed by atoms with van der Waals surface area (Å²) in [5.41, 5.74) is -0.238. The molecule has 0 heterocycles. The SMILES string of the molecule is C[C@@H]1CCCC[C@H]1NC(=O)CN(C)CC(=O)NC(C)(C)C. The van der Waals surface area contributed by atoms with E-state index in [1.54, 1.807) is 11.9 Å². The van der Waals surface area contributed by atoms with E-state index in [0.29, 0.717) is 12.0 Å². The summed E-state index contributed by atoms with van der Waals surface area (Å²) in [5, 5.41) is 6.01. The molecule has 0 aromatic heterocycles. The van der Waals surface area contributed by atoms with Crippen LogP contribution in [-0.2, 0) is 9.59 Å². The molecule has 0 aliphatic heterocycles. The van der Waals surface area contributed by atoms with E-state index >= 15 is 0 Å². The van der Waals surface area contributed by atoms with Crippen LogP contribution in [0.3, 0.4) is 0 Å². The van der Waals surface area contributed by atoms with Crippen LogP contribution in [0.4, 0.5) is 0 Å². The molecule has 2 N–H and O–H groups in total. The highest BCUT2D eigenvalue weighted by atomic mass is 16.2. The summed E-state index contributed by atoms with van der Waals surface area (Å²) in [4.78, 5) is 25.6. The summed E-state index contributed by atoms with van der Waals surface area (Å²) in [6.07, 6.45) is 4.72. The summed E-state index contributed by atoms with van der Waals surface area (Å²) >= 11 is 0. The molecule has 1 aliphatic carbocycles. The lowest BCUT2D eigenvalue weighted by Gasteiger charge is -2.30. The number of rotatable bonds is 5. The highest BCUT2D eigenvalue weighted by molar-refractivity contribution is 5.81. The van der Waals surface area contributed by atoms with Gasteiger partial charge >= 0.3 is 0 Å². The van der Waals surface area contributed by atoms with Crippen molar-refractivity contribution in [3.8, 4) is 0 Å². The van der Waals surface area contributed by atoms with Crippen LogP contribution in [-0.4, -0.2) is 48.4 Å². The van der Waals surface area contributed by atoms with Gasteiger partial charge < -0.3 is 10.6 Å². The summed E-state index contributed by atoms with van der Waals surface area (Å²) in [6, 6.07) is 0.294. The Morgan fingerprint density at radius 3 is 2.24 bits per heavy atom. The van der Waals surface area contributed by atoms with E-state index in [1.165, 1.54) is 19.3 Å². The molecule has 21 heavy (non-hydrogen) atoms. The van der Waals surface area contributed by atoms with Crippen molar-refractivity contribution in [1.29, 1.82) is 0 Å². The summed E-state index contributed by atoms with van der Waals surface area (Å²) in [6.45, 7) is 8.54. The Morgan fingerprint density at radius 1 is 1.10 bits per heavy atom. The Bertz CT molecular complexity index is 363. The Morgan fingerprint density at radius 2 is 1.67 bits per heavy atom. The number of nitrogens with one attached hydrogen (secondary N) is 2. The molecule has 1 aliphatic rings. The molecular formula is C16H31N3O2. The lowest BCUT2D eigenvalue weighted by molar-refractivity contribution is -0.125. The van der Waals surface area contributed by atoms with Crippen molar-refractivity contribution < 1.29 is 9.59 Å². The lowest BCUT2D eigenvalue weighted by atomic mass is 9.86. The summed E-state index contributed by atoms with van der Waals surface area (Å²) in [7, 11) is 1.80. The van der Waals surface area contributed by atoms with E-state index in [0.717, 1.165) is 6.42 Å². The maximum Gasteiger partial charge on any atom is 0.234 e. The maximum atomic E-state index is 12.0. The monoisotopic (exact) mass is 297 g/mol. The Kier molecular flexibility index (Phi) is 6.65. The molecule has 122 valence electrons. The van der Waals surface area contributed by atoms with Gasteiger partial charge in [-0.3, -0.25) is 14.5 Å². The predicted molar refractivity (Wildman–Crippen MR) is 85.0 cm³/mol. The second-order valence-corrected chi connectivity index (χ2v) is 7.41. The molecule has 5 nitrogen and oxygen atoms in total. The Balaban J connectivity index is 2.31. The molecule has 1 rings (SSSR count). The molecule has 0 aromatic carbocycles. The molecule has 5 heteroatoms. The lowest BCUT2D eigenvalue weighted by Crippen LogP contribution is -2.48. The largest absolute Gasteiger partial charge is 0.352 e. The maximum absolute atomic E-state index is 12.0. The fraction of sp³-hybridized carbons (Fsp3) is 0.875. The highest BCUT2D eigenvalue weighted by Gasteiger charge is 2.23. The summed E-state index contributed by atoms with van der Waals surface area (Å²) < 4.78 is 0. The van der Waals surface area contributed by atoms with E-state index in [-0.39, 0.29) is 30.4 Å². The van der Waals surface area contributed by atoms with Gasteiger partial charge in [0.05, 0.1) is 13.1 Å². The first kappa shape index (κ1) is 18.0. The van der Waals surface area contributed by atoms with Crippen molar-refractivity contribution in [2.24, 2.45) is 5.92 Å². The van der Waals surface area contributed by atoms with Crippen LogP contribution < -0.4 is 10.6 Å². The standard InChI is InChI=1S/C16H31N3O2/c1-12-8-6-7-9-13(12)17-14(20)10-19(5)11-15(21)18-16(2,3)4/h12-13H,6-11H2,1-5H3,(H,17,20)(H,18,21)/t12-,13-/m1/s1. The van der Waals surface area contributed by atoms with Crippen LogP contribution >= 0.6 is 0 Å². The first-order valence-corrected chi connectivity index (χ1v) is 7.96. The van der Waals surface area contributed by atoms with E-state index in [1.807, 2.05) is 20.8 Å². The third-order valence-corrected chi connectivity index (χ3v) is 3.80. The number of amides is 2. The van der Waals surface area contributed by atoms with Gasteiger partial charge in [0.2, 0.25) is 11.8 Å². The van der Waals surface area contributed by atoms with Crippen molar-refractivity contribution in [3.63, 3.8) is 0 Å². The fourth-order valence-corrected chi connectivity index (χ4v) is 2.79. The first-order chi connectivity index (χ1) is 9.67. The van der Waals surface area contributed by atoms with Crippen LogP contribution in [0.25, 0.3) is 0 Å². The van der Waals surface area contributed by atoms with E-state index in [9.17, 15) is 9.59 Å². The average molecular weight is 297 g/mol. The van der Waals surface area contributed by atoms with Gasteiger partial charge in [0.1, 0.15) is 0 Å². The normalized spacial score (nSPS) is 23.0. The first-order valence-electron chi connectivity index (χ1n) is 7.96. The predicted octanol–water partition coefficient (Wildman–Crippen LogP) is 1.53. The third kappa shape index (κ3) is 7.46. The van der Waals surface area contributed by atoms with Crippen LogP contribution in [0.1, 0.15) is 53.4 Å². The van der Waals surface area contributed by atoms with Gasteiger partial charge in [0.25, 0.3) is 0 Å². The van der Waals surface area contributed by atoms with Gasteiger partial charge in [-0.2, -0.15) is 0 Å². The molecule has 1 fully saturated rings. The second kappa shape index (κ2) is 7.78. The summed E-state index contributed by atoms with van der Waals surface area (Å²) in [5.74, 6) is 0.515. The van der Waals surface area contributed by atoms with Crippen LogP contribution in [0, 0.1) is 5.92 Å². The number of likely N-dealkylation sites (N-methyl/N-ethyl adjacent to an activating group) is 1. The van der Waals surface area contributed by atoms with Crippen molar-refractivity contribution in [2.45, 2.75) is 65.0 Å². The van der Waals surface area contributed by atoms with Crippen molar-refractivity contribution >= 4 is 11.8 Å². The molecule has 0 aromatic rings. The van der Waals surface area contributed by atoms with Gasteiger partial charge in [-0.1, -0.05) is 19.8 Å². The average Bonchev–Trinajstić information content (AvgIpc) is 2.28. The zero-order chi connectivity index (χ0) is 16.0. The van der Waals surface area contributed by atoms with E-state index < -0.39 is 0 Å². The molecule has 0 bridgehead atoms. The Hall–Kier alpha value is -1.10. The smallest absolute Gasteiger partial charge is 0.234 e. The fourth-order valence-electron chi connectivity index (χ4n) is 2.79. The van der Waals surface area contributed by atoms with Gasteiger partial charge in [-0.05, 0) is 46.6 Å². The van der Waals surface area contributed by atoms with Crippen LogP contribution in [0.5, 0.6) is 0 Å². The zero-order valence-electron chi connectivity index (χ0n) is 14.2. The quantitative estimate of drug-likeness (QED) is 0.809. The Labute approximate surface area is 128 Å². The number of carbonyl (C=O) groups is 2. The minimum absolute atomic E-state index is 0.0137. The molecule has 0 saturated heterocycles. The molecule has 0 spiro atoms. The van der Waals surface area contributed by atoms with Gasteiger partial charge in [-0.15, -0.1) is 0 Å². The minimum atomic E-state index is -0.238. The van der Waals surface area contributed by atoms with Crippen LogP contribution in [0.15, 0.2) is 0 Å². The number of carbonyl (C=O) groups excluding carboxylic acids is 2. The molecule has 0 unspecified atom stereocenters. The zero-order valence-corrected chi connectivity index (χ0v) is 14.2. The van der Waals surface area contributed by atoms with Gasteiger partial charge in [0, 0.05) is 11.6 Å². The van der Waals surface area contributed by atoms with Crippen molar-refractivity contribution in [3.05, 3.63) is 0 Å².